The highest BCUT2D eigenvalue weighted by atomic mass is 16.3. The number of para-hydroxylation sites is 1. The third kappa shape index (κ3) is 4.81. The Balaban J connectivity index is 1.78. The Labute approximate surface area is 228 Å². The molecule has 0 aliphatic heterocycles. The van der Waals surface area contributed by atoms with E-state index in [1.54, 1.807) is 6.07 Å². The Morgan fingerprint density at radius 3 is 1.42 bits per heavy atom. The lowest BCUT2D eigenvalue weighted by Crippen LogP contribution is -2.16. The molecule has 0 saturated heterocycles. The lowest BCUT2D eigenvalue weighted by atomic mass is 9.72. The summed E-state index contributed by atoms with van der Waals surface area (Å²) in [7, 11) is 0. The summed E-state index contributed by atoms with van der Waals surface area (Å²) in [5.41, 5.74) is 9.51. The van der Waals surface area contributed by atoms with Gasteiger partial charge in [-0.1, -0.05) is 56.7 Å². The summed E-state index contributed by atoms with van der Waals surface area (Å²) < 4.78 is 0. The van der Waals surface area contributed by atoms with Crippen molar-refractivity contribution in [1.29, 1.82) is 0 Å². The molecule has 3 nitrogen and oxygen atoms in total. The fourth-order valence-electron chi connectivity index (χ4n) is 7.94. The zero-order valence-electron chi connectivity index (χ0n) is 23.6. The van der Waals surface area contributed by atoms with Gasteiger partial charge in [-0.05, 0) is 117 Å². The van der Waals surface area contributed by atoms with Gasteiger partial charge < -0.3 is 15.3 Å². The first-order valence-electron chi connectivity index (χ1n) is 14.7. The third-order valence-electron chi connectivity index (χ3n) is 9.58. The summed E-state index contributed by atoms with van der Waals surface area (Å²) in [5, 5.41) is 34.3. The van der Waals surface area contributed by atoms with E-state index < -0.39 is 5.92 Å². The summed E-state index contributed by atoms with van der Waals surface area (Å²) >= 11 is 0. The molecule has 0 amide bonds. The SMILES string of the molecule is Cc1cc(O)c(C(c2ccccc2O)c2c(O)cc(C)c(C3CCCCC3)c2C)c(C)c1C1CCCCC1. The van der Waals surface area contributed by atoms with E-state index in [0.717, 1.165) is 38.9 Å². The number of phenols is 3. The van der Waals surface area contributed by atoms with Crippen molar-refractivity contribution < 1.29 is 15.3 Å². The van der Waals surface area contributed by atoms with Crippen molar-refractivity contribution in [3.05, 3.63) is 86.5 Å². The van der Waals surface area contributed by atoms with Crippen LogP contribution in [0, 0.1) is 27.7 Å². The van der Waals surface area contributed by atoms with Crippen molar-refractivity contribution in [2.24, 2.45) is 0 Å². The van der Waals surface area contributed by atoms with Crippen molar-refractivity contribution >= 4 is 0 Å². The van der Waals surface area contributed by atoms with Crippen LogP contribution < -0.4 is 0 Å². The summed E-state index contributed by atoms with van der Waals surface area (Å²) in [5.74, 6) is 1.17. The molecule has 0 atom stereocenters. The maximum absolute atomic E-state index is 11.6. The standard InChI is InChI=1S/C35H44O3/c1-21-19-29(37)33(23(3)31(21)25-13-7-5-8-14-25)35(27-17-11-12-18-28(27)36)34-24(4)32(22(2)20-30(34)38)26-15-9-6-10-16-26/h11-12,17-20,25-26,35-38H,5-10,13-16H2,1-4H3. The van der Waals surface area contributed by atoms with Gasteiger partial charge >= 0.3 is 0 Å². The van der Waals surface area contributed by atoms with E-state index in [1.165, 1.54) is 75.3 Å². The van der Waals surface area contributed by atoms with Gasteiger partial charge in [-0.25, -0.2) is 0 Å². The second-order valence-electron chi connectivity index (χ2n) is 12.0. The van der Waals surface area contributed by atoms with E-state index in [-0.39, 0.29) is 17.2 Å². The van der Waals surface area contributed by atoms with Gasteiger partial charge in [-0.2, -0.15) is 0 Å². The Morgan fingerprint density at radius 2 is 1.00 bits per heavy atom. The Kier molecular flexibility index (Phi) is 7.75. The topological polar surface area (TPSA) is 60.7 Å². The number of phenolic OH excluding ortho intramolecular Hbond substituents is 3. The molecular formula is C35H44O3. The predicted octanol–water partition coefficient (Wildman–Crippen LogP) is 9.31. The van der Waals surface area contributed by atoms with Crippen LogP contribution in [-0.2, 0) is 0 Å². The number of aryl methyl sites for hydroxylation is 2. The predicted molar refractivity (Wildman–Crippen MR) is 156 cm³/mol. The average Bonchev–Trinajstić information content (AvgIpc) is 2.89. The second kappa shape index (κ2) is 11.0. The minimum absolute atomic E-state index is 0.190. The van der Waals surface area contributed by atoms with Gasteiger partial charge in [0.1, 0.15) is 17.2 Å². The number of rotatable bonds is 5. The first-order chi connectivity index (χ1) is 18.3. The fourth-order valence-corrected chi connectivity index (χ4v) is 7.94. The molecule has 3 aromatic rings. The molecule has 2 saturated carbocycles. The van der Waals surface area contributed by atoms with E-state index >= 15 is 0 Å². The van der Waals surface area contributed by atoms with Gasteiger partial charge in [-0.3, -0.25) is 0 Å². The Morgan fingerprint density at radius 1 is 0.579 bits per heavy atom. The molecule has 202 valence electrons. The molecule has 3 aromatic carbocycles. The van der Waals surface area contributed by atoms with E-state index in [2.05, 4.69) is 27.7 Å². The fraction of sp³-hybridized carbons (Fsp3) is 0.486. The molecule has 2 fully saturated rings. The van der Waals surface area contributed by atoms with Crippen LogP contribution in [0.3, 0.4) is 0 Å². The van der Waals surface area contributed by atoms with Crippen molar-refractivity contribution in [1.82, 2.24) is 0 Å². The van der Waals surface area contributed by atoms with Gasteiger partial charge in [0, 0.05) is 22.6 Å². The summed E-state index contributed by atoms with van der Waals surface area (Å²) in [4.78, 5) is 0. The van der Waals surface area contributed by atoms with E-state index in [1.807, 2.05) is 30.3 Å². The normalized spacial score (nSPS) is 17.3. The van der Waals surface area contributed by atoms with Crippen LogP contribution >= 0.6 is 0 Å². The maximum Gasteiger partial charge on any atom is 0.120 e. The van der Waals surface area contributed by atoms with Crippen LogP contribution in [0.25, 0.3) is 0 Å². The largest absolute Gasteiger partial charge is 0.508 e. The molecule has 0 unspecified atom stereocenters. The van der Waals surface area contributed by atoms with E-state index in [4.69, 9.17) is 0 Å². The molecule has 0 heterocycles. The Hall–Kier alpha value is -2.94. The number of aromatic hydroxyl groups is 3. The van der Waals surface area contributed by atoms with Crippen molar-refractivity contribution in [3.8, 4) is 17.2 Å². The molecule has 38 heavy (non-hydrogen) atoms. The quantitative estimate of drug-likeness (QED) is 0.298. The number of hydrogen-bond donors (Lipinski definition) is 3. The highest BCUT2D eigenvalue weighted by molar-refractivity contribution is 5.64. The van der Waals surface area contributed by atoms with E-state index in [9.17, 15) is 15.3 Å². The smallest absolute Gasteiger partial charge is 0.120 e. The molecule has 2 aliphatic carbocycles. The van der Waals surface area contributed by atoms with Gasteiger partial charge in [0.15, 0.2) is 0 Å². The summed E-state index contributed by atoms with van der Waals surface area (Å²) in [6.45, 7) is 8.51. The van der Waals surface area contributed by atoms with Crippen molar-refractivity contribution in [3.63, 3.8) is 0 Å². The average molecular weight is 513 g/mol. The van der Waals surface area contributed by atoms with Crippen molar-refractivity contribution in [2.75, 3.05) is 0 Å². The van der Waals surface area contributed by atoms with Gasteiger partial charge in [0.2, 0.25) is 0 Å². The molecule has 2 aliphatic rings. The Bertz CT molecular complexity index is 1230. The zero-order valence-corrected chi connectivity index (χ0v) is 23.6. The molecule has 5 rings (SSSR count). The second-order valence-corrected chi connectivity index (χ2v) is 12.0. The molecule has 0 aromatic heterocycles. The number of hydrogen-bond acceptors (Lipinski definition) is 3. The molecule has 0 radical (unpaired) electrons. The van der Waals surface area contributed by atoms with Crippen LogP contribution in [0.15, 0.2) is 36.4 Å². The summed E-state index contributed by atoms with van der Waals surface area (Å²) in [6, 6.07) is 11.3. The molecule has 3 heteroatoms. The molecular weight excluding hydrogens is 468 g/mol. The van der Waals surface area contributed by atoms with Crippen LogP contribution in [-0.4, -0.2) is 15.3 Å². The first-order valence-corrected chi connectivity index (χ1v) is 14.7. The molecule has 0 spiro atoms. The minimum Gasteiger partial charge on any atom is -0.508 e. The third-order valence-corrected chi connectivity index (χ3v) is 9.58. The van der Waals surface area contributed by atoms with Crippen LogP contribution in [0.4, 0.5) is 0 Å². The monoisotopic (exact) mass is 512 g/mol. The highest BCUT2D eigenvalue weighted by Crippen LogP contribution is 2.51. The molecule has 3 N–H and O–H groups in total. The first kappa shape index (κ1) is 26.7. The van der Waals surface area contributed by atoms with Crippen LogP contribution in [0.1, 0.15) is 132 Å². The number of benzene rings is 3. The summed E-state index contributed by atoms with van der Waals surface area (Å²) in [6.07, 6.45) is 12.2. The van der Waals surface area contributed by atoms with Gasteiger partial charge in [0.05, 0.1) is 0 Å². The highest BCUT2D eigenvalue weighted by Gasteiger charge is 2.33. The lowest BCUT2D eigenvalue weighted by Gasteiger charge is -2.32. The van der Waals surface area contributed by atoms with Crippen LogP contribution in [0.5, 0.6) is 17.2 Å². The van der Waals surface area contributed by atoms with Gasteiger partial charge in [0.25, 0.3) is 0 Å². The maximum atomic E-state index is 11.6. The van der Waals surface area contributed by atoms with Crippen LogP contribution in [0.2, 0.25) is 0 Å². The van der Waals surface area contributed by atoms with E-state index in [0.29, 0.717) is 11.8 Å². The minimum atomic E-state index is -0.470. The molecule has 0 bridgehead atoms. The zero-order chi connectivity index (χ0) is 27.0. The van der Waals surface area contributed by atoms with Crippen molar-refractivity contribution in [2.45, 2.75) is 110 Å². The van der Waals surface area contributed by atoms with Gasteiger partial charge in [-0.15, -0.1) is 0 Å². The lowest BCUT2D eigenvalue weighted by molar-refractivity contribution is 0.432.